The van der Waals surface area contributed by atoms with Crippen LogP contribution in [0.5, 0.6) is 0 Å². The smallest absolute Gasteiger partial charge is 0.101 e. The Labute approximate surface area is 115 Å². The van der Waals surface area contributed by atoms with Gasteiger partial charge in [-0.05, 0) is 36.4 Å². The minimum atomic E-state index is 0.313. The molecule has 2 rings (SSSR count). The van der Waals surface area contributed by atoms with Crippen LogP contribution in [0, 0.1) is 22.7 Å². The van der Waals surface area contributed by atoms with E-state index in [1.165, 1.54) is 0 Å². The van der Waals surface area contributed by atoms with Crippen molar-refractivity contribution in [2.75, 3.05) is 11.1 Å². The zero-order valence-corrected chi connectivity index (χ0v) is 10.6. The number of hydrogen-bond donors (Lipinski definition) is 2. The van der Waals surface area contributed by atoms with Crippen molar-refractivity contribution in [1.82, 2.24) is 0 Å². The fraction of sp³-hybridized carbons (Fsp3) is 0. The molecule has 3 N–H and O–H groups in total. The van der Waals surface area contributed by atoms with Crippen molar-refractivity contribution in [3.8, 4) is 12.1 Å². The molecule has 0 heterocycles. The molecule has 0 saturated heterocycles. The molecule has 0 spiro atoms. The number of nitrogens with zero attached hydrogens (tertiary/aromatic N) is 2. The maximum atomic E-state index is 8.96. The number of nitrogens with two attached hydrogens (primary N) is 1. The van der Waals surface area contributed by atoms with Crippen molar-refractivity contribution in [1.29, 1.82) is 10.5 Å². The highest BCUT2D eigenvalue weighted by molar-refractivity contribution is 6.31. The summed E-state index contributed by atoms with van der Waals surface area (Å²) >= 11 is 5.90. The molecule has 4 nitrogen and oxygen atoms in total. The molecule has 2 aromatic carbocycles. The standard InChI is InChI=1S/C14H9ClN4/c15-11-2-4-13(18)14(6-11)19-12-3-1-9(7-16)10(5-12)8-17/h1-6,19H,18H2. The van der Waals surface area contributed by atoms with Crippen molar-refractivity contribution in [2.45, 2.75) is 0 Å². The first-order valence-electron chi connectivity index (χ1n) is 5.40. The van der Waals surface area contributed by atoms with Crippen LogP contribution in [-0.4, -0.2) is 0 Å². The highest BCUT2D eigenvalue weighted by Gasteiger charge is 2.05. The topological polar surface area (TPSA) is 85.6 Å². The number of hydrogen-bond acceptors (Lipinski definition) is 4. The van der Waals surface area contributed by atoms with Gasteiger partial charge in [0.05, 0.1) is 22.5 Å². The van der Waals surface area contributed by atoms with Crippen LogP contribution in [0.15, 0.2) is 36.4 Å². The summed E-state index contributed by atoms with van der Waals surface area (Å²) in [7, 11) is 0. The maximum Gasteiger partial charge on any atom is 0.101 e. The van der Waals surface area contributed by atoms with Crippen molar-refractivity contribution in [2.24, 2.45) is 0 Å². The van der Waals surface area contributed by atoms with Crippen molar-refractivity contribution >= 4 is 28.7 Å². The van der Waals surface area contributed by atoms with Gasteiger partial charge in [0.15, 0.2) is 0 Å². The van der Waals surface area contributed by atoms with Gasteiger partial charge in [0.25, 0.3) is 0 Å². The lowest BCUT2D eigenvalue weighted by atomic mass is 10.1. The van der Waals surface area contributed by atoms with Gasteiger partial charge in [-0.2, -0.15) is 10.5 Å². The first kappa shape index (κ1) is 12.8. The third-order valence-corrected chi connectivity index (χ3v) is 2.79. The second-order valence-electron chi connectivity index (χ2n) is 3.84. The fourth-order valence-corrected chi connectivity index (χ4v) is 1.78. The van der Waals surface area contributed by atoms with Gasteiger partial charge in [-0.25, -0.2) is 0 Å². The van der Waals surface area contributed by atoms with Crippen LogP contribution in [0.3, 0.4) is 0 Å². The molecule has 0 fully saturated rings. The molecule has 0 unspecified atom stereocenters. The van der Waals surface area contributed by atoms with E-state index in [4.69, 9.17) is 27.9 Å². The van der Waals surface area contributed by atoms with E-state index in [0.717, 1.165) is 0 Å². The van der Waals surface area contributed by atoms with Gasteiger partial charge in [0.2, 0.25) is 0 Å². The maximum absolute atomic E-state index is 8.96. The number of nitrogen functional groups attached to an aromatic ring is 1. The Bertz CT molecular complexity index is 710. The average Bonchev–Trinajstić information content (AvgIpc) is 2.42. The van der Waals surface area contributed by atoms with Crippen LogP contribution in [0.4, 0.5) is 17.1 Å². The molecule has 0 aliphatic rings. The molecule has 0 atom stereocenters. The van der Waals surface area contributed by atoms with Crippen LogP contribution in [0.1, 0.15) is 11.1 Å². The largest absolute Gasteiger partial charge is 0.397 e. The van der Waals surface area contributed by atoms with Gasteiger partial charge in [-0.1, -0.05) is 11.6 Å². The lowest BCUT2D eigenvalue weighted by Crippen LogP contribution is -1.97. The molecule has 0 aliphatic heterocycles. The van der Waals surface area contributed by atoms with E-state index >= 15 is 0 Å². The molecule has 19 heavy (non-hydrogen) atoms. The zero-order valence-electron chi connectivity index (χ0n) is 9.81. The molecule has 0 aromatic heterocycles. The van der Waals surface area contributed by atoms with Crippen LogP contribution < -0.4 is 11.1 Å². The van der Waals surface area contributed by atoms with Crippen molar-refractivity contribution in [3.63, 3.8) is 0 Å². The summed E-state index contributed by atoms with van der Waals surface area (Å²) in [6.45, 7) is 0. The highest BCUT2D eigenvalue weighted by Crippen LogP contribution is 2.27. The van der Waals surface area contributed by atoms with Gasteiger partial charge >= 0.3 is 0 Å². The van der Waals surface area contributed by atoms with Gasteiger partial charge in [-0.3, -0.25) is 0 Å². The Kier molecular flexibility index (Phi) is 3.56. The predicted molar refractivity (Wildman–Crippen MR) is 75.0 cm³/mol. The summed E-state index contributed by atoms with van der Waals surface area (Å²) in [5.41, 5.74) is 8.35. The number of benzene rings is 2. The number of anilines is 3. The zero-order chi connectivity index (χ0) is 13.8. The molecule has 92 valence electrons. The predicted octanol–water partition coefficient (Wildman–Crippen LogP) is 3.41. The van der Waals surface area contributed by atoms with E-state index in [1.54, 1.807) is 36.4 Å². The van der Waals surface area contributed by atoms with Crippen LogP contribution in [0.25, 0.3) is 0 Å². The monoisotopic (exact) mass is 268 g/mol. The molecule has 5 heteroatoms. The number of nitrogens with one attached hydrogen (secondary N) is 1. The molecular formula is C14H9ClN4. The van der Waals surface area contributed by atoms with Gasteiger partial charge in [0.1, 0.15) is 12.1 Å². The van der Waals surface area contributed by atoms with Crippen molar-refractivity contribution < 1.29 is 0 Å². The van der Waals surface area contributed by atoms with E-state index in [-0.39, 0.29) is 0 Å². The molecule has 0 radical (unpaired) electrons. The minimum absolute atomic E-state index is 0.313. The Morgan fingerprint density at radius 2 is 1.74 bits per heavy atom. The normalized spacial score (nSPS) is 9.42. The molecule has 0 saturated carbocycles. The van der Waals surface area contributed by atoms with Crippen LogP contribution >= 0.6 is 11.6 Å². The van der Waals surface area contributed by atoms with E-state index < -0.39 is 0 Å². The Morgan fingerprint density at radius 1 is 1.00 bits per heavy atom. The number of halogens is 1. The summed E-state index contributed by atoms with van der Waals surface area (Å²) in [4.78, 5) is 0. The van der Waals surface area contributed by atoms with Crippen LogP contribution in [0.2, 0.25) is 5.02 Å². The fourth-order valence-electron chi connectivity index (χ4n) is 1.60. The lowest BCUT2D eigenvalue weighted by Gasteiger charge is -2.10. The second kappa shape index (κ2) is 5.30. The summed E-state index contributed by atoms with van der Waals surface area (Å²) in [5, 5.41) is 21.4. The molecule has 0 bridgehead atoms. The Morgan fingerprint density at radius 3 is 2.42 bits per heavy atom. The Balaban J connectivity index is 2.37. The lowest BCUT2D eigenvalue weighted by molar-refractivity contribution is 1.42. The SMILES string of the molecule is N#Cc1ccc(Nc2cc(Cl)ccc2N)cc1C#N. The van der Waals surface area contributed by atoms with E-state index in [1.807, 2.05) is 12.1 Å². The third kappa shape index (κ3) is 2.77. The Hall–Kier alpha value is -2.69. The first-order valence-corrected chi connectivity index (χ1v) is 5.78. The summed E-state index contributed by atoms with van der Waals surface area (Å²) < 4.78 is 0. The second-order valence-corrected chi connectivity index (χ2v) is 4.28. The molecule has 0 aliphatic carbocycles. The molecule has 2 aromatic rings. The quantitative estimate of drug-likeness (QED) is 0.817. The number of nitriles is 2. The molecular weight excluding hydrogens is 260 g/mol. The minimum Gasteiger partial charge on any atom is -0.397 e. The number of rotatable bonds is 2. The van der Waals surface area contributed by atoms with Crippen molar-refractivity contribution in [3.05, 3.63) is 52.5 Å². The van der Waals surface area contributed by atoms with Gasteiger partial charge in [0, 0.05) is 10.7 Å². The first-order chi connectivity index (χ1) is 9.13. The van der Waals surface area contributed by atoms with E-state index in [2.05, 4.69) is 5.32 Å². The van der Waals surface area contributed by atoms with E-state index in [0.29, 0.717) is 33.2 Å². The average molecular weight is 269 g/mol. The van der Waals surface area contributed by atoms with E-state index in [9.17, 15) is 0 Å². The van der Waals surface area contributed by atoms with Gasteiger partial charge in [-0.15, -0.1) is 0 Å². The summed E-state index contributed by atoms with van der Waals surface area (Å²) in [6, 6.07) is 13.9. The summed E-state index contributed by atoms with van der Waals surface area (Å²) in [5.74, 6) is 0. The highest BCUT2D eigenvalue weighted by atomic mass is 35.5. The summed E-state index contributed by atoms with van der Waals surface area (Å²) in [6.07, 6.45) is 0. The molecule has 0 amide bonds. The third-order valence-electron chi connectivity index (χ3n) is 2.55. The van der Waals surface area contributed by atoms with Crippen LogP contribution in [-0.2, 0) is 0 Å². The van der Waals surface area contributed by atoms with Gasteiger partial charge < -0.3 is 11.1 Å².